The van der Waals surface area contributed by atoms with E-state index in [4.69, 9.17) is 16.0 Å². The zero-order valence-electron chi connectivity index (χ0n) is 16.3. The lowest BCUT2D eigenvalue weighted by atomic mass is 10.1. The predicted octanol–water partition coefficient (Wildman–Crippen LogP) is 3.16. The number of nitrogens with zero attached hydrogens (tertiary/aromatic N) is 2. The summed E-state index contributed by atoms with van der Waals surface area (Å²) >= 11 is 7.26. The van der Waals surface area contributed by atoms with Crippen molar-refractivity contribution in [3.05, 3.63) is 72.2 Å². The standard InChI is InChI=1S/C21H23ClN4O3S/c22-16-4-6-18(7-5-16)30-14-20(27)25-19(13-17-3-1-12-29-17)21(28)24-8-2-10-26-11-9-23-15-26/h1,3-7,9,11-12,15,19H,2,8,10,13-14H2,(H,24,28)(H,25,27). The Morgan fingerprint density at radius 2 is 2.07 bits per heavy atom. The Hall–Kier alpha value is -2.71. The van der Waals surface area contributed by atoms with Crippen LogP contribution in [0.3, 0.4) is 0 Å². The molecule has 0 aliphatic rings. The molecule has 0 radical (unpaired) electrons. The van der Waals surface area contributed by atoms with Crippen LogP contribution in [0.4, 0.5) is 0 Å². The molecule has 0 saturated carbocycles. The van der Waals surface area contributed by atoms with Crippen LogP contribution in [-0.4, -0.2) is 39.7 Å². The monoisotopic (exact) mass is 446 g/mol. The number of nitrogens with one attached hydrogen (secondary N) is 2. The van der Waals surface area contributed by atoms with Gasteiger partial charge in [0.1, 0.15) is 11.8 Å². The first-order valence-electron chi connectivity index (χ1n) is 9.54. The van der Waals surface area contributed by atoms with Crippen molar-refractivity contribution in [2.45, 2.75) is 30.3 Å². The SMILES string of the molecule is O=C(CSc1ccc(Cl)cc1)NC(Cc1ccco1)C(=O)NCCCn1ccnc1. The largest absolute Gasteiger partial charge is 0.469 e. The number of furan rings is 1. The number of halogens is 1. The number of hydrogen-bond acceptors (Lipinski definition) is 5. The summed E-state index contributed by atoms with van der Waals surface area (Å²) in [7, 11) is 0. The molecule has 158 valence electrons. The maximum absolute atomic E-state index is 12.7. The normalized spacial score (nSPS) is 11.8. The lowest BCUT2D eigenvalue weighted by molar-refractivity contribution is -0.127. The van der Waals surface area contributed by atoms with Crippen molar-refractivity contribution in [2.24, 2.45) is 0 Å². The number of aryl methyl sites for hydroxylation is 1. The fourth-order valence-corrected chi connectivity index (χ4v) is 3.61. The van der Waals surface area contributed by atoms with E-state index in [9.17, 15) is 9.59 Å². The highest BCUT2D eigenvalue weighted by molar-refractivity contribution is 8.00. The molecule has 0 saturated heterocycles. The Labute approximate surface area is 184 Å². The van der Waals surface area contributed by atoms with Crippen molar-refractivity contribution >= 4 is 35.2 Å². The van der Waals surface area contributed by atoms with Crippen LogP contribution in [0.15, 0.2) is 70.7 Å². The number of amides is 2. The topological polar surface area (TPSA) is 89.2 Å². The van der Waals surface area contributed by atoms with Gasteiger partial charge in [0, 0.05) is 41.8 Å². The van der Waals surface area contributed by atoms with Crippen molar-refractivity contribution in [1.29, 1.82) is 0 Å². The first-order valence-corrected chi connectivity index (χ1v) is 10.9. The van der Waals surface area contributed by atoms with Gasteiger partial charge >= 0.3 is 0 Å². The van der Waals surface area contributed by atoms with E-state index in [0.717, 1.165) is 17.9 Å². The van der Waals surface area contributed by atoms with Crippen LogP contribution in [0, 0.1) is 0 Å². The molecule has 0 aliphatic heterocycles. The van der Waals surface area contributed by atoms with Gasteiger partial charge in [-0.2, -0.15) is 0 Å². The lowest BCUT2D eigenvalue weighted by Crippen LogP contribution is -2.48. The molecule has 2 amide bonds. The van der Waals surface area contributed by atoms with Gasteiger partial charge in [0.2, 0.25) is 11.8 Å². The number of carbonyl (C=O) groups is 2. The number of benzene rings is 1. The molecule has 3 aromatic rings. The van der Waals surface area contributed by atoms with Crippen LogP contribution >= 0.6 is 23.4 Å². The van der Waals surface area contributed by atoms with Crippen molar-refractivity contribution < 1.29 is 14.0 Å². The fourth-order valence-electron chi connectivity index (χ4n) is 2.77. The number of rotatable bonds is 11. The van der Waals surface area contributed by atoms with E-state index < -0.39 is 6.04 Å². The maximum atomic E-state index is 12.7. The third kappa shape index (κ3) is 7.27. The summed E-state index contributed by atoms with van der Waals surface area (Å²) in [5, 5.41) is 6.36. The molecule has 1 aromatic carbocycles. The third-order valence-electron chi connectivity index (χ3n) is 4.27. The van der Waals surface area contributed by atoms with E-state index in [0.29, 0.717) is 17.3 Å². The summed E-state index contributed by atoms with van der Waals surface area (Å²) in [5.74, 6) is 0.380. The third-order valence-corrected chi connectivity index (χ3v) is 5.54. The van der Waals surface area contributed by atoms with E-state index in [1.54, 1.807) is 43.1 Å². The van der Waals surface area contributed by atoms with E-state index in [1.165, 1.54) is 11.8 Å². The van der Waals surface area contributed by atoms with Crippen molar-refractivity contribution in [1.82, 2.24) is 20.2 Å². The van der Waals surface area contributed by atoms with Gasteiger partial charge in [-0.25, -0.2) is 4.98 Å². The van der Waals surface area contributed by atoms with Gasteiger partial charge in [0.15, 0.2) is 0 Å². The zero-order valence-corrected chi connectivity index (χ0v) is 17.9. The first-order chi connectivity index (χ1) is 14.6. The summed E-state index contributed by atoms with van der Waals surface area (Å²) in [6, 6.07) is 10.1. The van der Waals surface area contributed by atoms with Crippen LogP contribution < -0.4 is 10.6 Å². The van der Waals surface area contributed by atoms with Crippen molar-refractivity contribution in [3.8, 4) is 0 Å². The van der Waals surface area contributed by atoms with Crippen molar-refractivity contribution in [3.63, 3.8) is 0 Å². The van der Waals surface area contributed by atoms with Gasteiger partial charge < -0.3 is 19.6 Å². The highest BCUT2D eigenvalue weighted by Crippen LogP contribution is 2.20. The molecule has 0 fully saturated rings. The highest BCUT2D eigenvalue weighted by atomic mass is 35.5. The van der Waals surface area contributed by atoms with Gasteiger partial charge in [-0.15, -0.1) is 11.8 Å². The summed E-state index contributed by atoms with van der Waals surface area (Å²) < 4.78 is 7.30. The number of carbonyl (C=O) groups excluding carboxylic acids is 2. The van der Waals surface area contributed by atoms with E-state index in [-0.39, 0.29) is 24.0 Å². The molecule has 3 rings (SSSR count). The summed E-state index contributed by atoms with van der Waals surface area (Å²) in [6.45, 7) is 1.26. The zero-order chi connectivity index (χ0) is 21.2. The molecule has 2 N–H and O–H groups in total. The van der Waals surface area contributed by atoms with Crippen LogP contribution in [0.1, 0.15) is 12.2 Å². The van der Waals surface area contributed by atoms with Crippen LogP contribution in [-0.2, 0) is 22.6 Å². The quantitative estimate of drug-likeness (QED) is 0.349. The molecule has 1 atom stereocenters. The average molecular weight is 447 g/mol. The highest BCUT2D eigenvalue weighted by Gasteiger charge is 2.22. The van der Waals surface area contributed by atoms with Gasteiger partial charge in [-0.3, -0.25) is 9.59 Å². The molecule has 0 bridgehead atoms. The number of thioether (sulfide) groups is 1. The number of imidazole rings is 1. The Balaban J connectivity index is 1.49. The minimum absolute atomic E-state index is 0.199. The second-order valence-electron chi connectivity index (χ2n) is 6.59. The predicted molar refractivity (Wildman–Crippen MR) is 116 cm³/mol. The van der Waals surface area contributed by atoms with E-state index in [2.05, 4.69) is 15.6 Å². The van der Waals surface area contributed by atoms with Crippen molar-refractivity contribution in [2.75, 3.05) is 12.3 Å². The van der Waals surface area contributed by atoms with Crippen LogP contribution in [0.25, 0.3) is 0 Å². The molecule has 9 heteroatoms. The molecule has 2 aromatic heterocycles. The minimum atomic E-state index is -0.706. The van der Waals surface area contributed by atoms with Gasteiger partial charge in [-0.05, 0) is 42.8 Å². The Bertz CT molecular complexity index is 914. The minimum Gasteiger partial charge on any atom is -0.469 e. The Morgan fingerprint density at radius 1 is 1.23 bits per heavy atom. The van der Waals surface area contributed by atoms with E-state index >= 15 is 0 Å². The fraction of sp³-hybridized carbons (Fsp3) is 0.286. The first kappa shape index (κ1) is 22.0. The average Bonchev–Trinajstić information content (AvgIpc) is 3.44. The molecule has 0 aliphatic carbocycles. The van der Waals surface area contributed by atoms with Crippen LogP contribution in [0.2, 0.25) is 5.02 Å². The van der Waals surface area contributed by atoms with Crippen LogP contribution in [0.5, 0.6) is 0 Å². The smallest absolute Gasteiger partial charge is 0.243 e. The molecule has 1 unspecified atom stereocenters. The Morgan fingerprint density at radius 3 is 2.77 bits per heavy atom. The van der Waals surface area contributed by atoms with Gasteiger partial charge in [-0.1, -0.05) is 11.6 Å². The molecule has 30 heavy (non-hydrogen) atoms. The maximum Gasteiger partial charge on any atom is 0.243 e. The lowest BCUT2D eigenvalue weighted by Gasteiger charge is -2.18. The molecule has 7 nitrogen and oxygen atoms in total. The number of aromatic nitrogens is 2. The summed E-state index contributed by atoms with van der Waals surface area (Å²) in [6.07, 6.45) is 7.93. The molecular weight excluding hydrogens is 424 g/mol. The number of hydrogen-bond donors (Lipinski definition) is 2. The van der Waals surface area contributed by atoms with Gasteiger partial charge in [0.25, 0.3) is 0 Å². The molecule has 0 spiro atoms. The van der Waals surface area contributed by atoms with E-state index in [1.807, 2.05) is 22.9 Å². The second kappa shape index (κ2) is 11.5. The summed E-state index contributed by atoms with van der Waals surface area (Å²) in [5.41, 5.74) is 0. The van der Waals surface area contributed by atoms with Gasteiger partial charge in [0.05, 0.1) is 18.3 Å². The summed E-state index contributed by atoms with van der Waals surface area (Å²) in [4.78, 5) is 30.0. The second-order valence-corrected chi connectivity index (χ2v) is 8.08. The Kier molecular flexibility index (Phi) is 8.41. The molecular formula is C21H23ClN4O3S. The molecule has 2 heterocycles.